The molecule has 25 heavy (non-hydrogen) atoms. The van der Waals surface area contributed by atoms with Crippen LogP contribution in [0.3, 0.4) is 0 Å². The quantitative estimate of drug-likeness (QED) is 0.822. The Hall–Kier alpha value is -2.74. The molecule has 0 fully saturated rings. The molecule has 0 saturated carbocycles. The summed E-state index contributed by atoms with van der Waals surface area (Å²) in [7, 11) is -3.36. The normalized spacial score (nSPS) is 11.0. The van der Waals surface area contributed by atoms with E-state index in [9.17, 15) is 22.4 Å². The van der Waals surface area contributed by atoms with Crippen molar-refractivity contribution in [2.45, 2.75) is 11.8 Å². The molecule has 6 nitrogen and oxygen atoms in total. The highest BCUT2D eigenvalue weighted by molar-refractivity contribution is 7.90. The Morgan fingerprint density at radius 1 is 1.12 bits per heavy atom. The summed E-state index contributed by atoms with van der Waals surface area (Å²) < 4.78 is 41.2. The summed E-state index contributed by atoms with van der Waals surface area (Å²) in [5.74, 6) is -2.07. The van der Waals surface area contributed by atoms with Crippen LogP contribution in [-0.2, 0) is 19.4 Å². The van der Waals surface area contributed by atoms with E-state index in [-0.39, 0.29) is 16.1 Å². The first-order valence-corrected chi connectivity index (χ1v) is 9.09. The lowest BCUT2D eigenvalue weighted by Gasteiger charge is -2.08. The fourth-order valence-corrected chi connectivity index (χ4v) is 2.59. The van der Waals surface area contributed by atoms with Gasteiger partial charge in [0.1, 0.15) is 5.82 Å². The molecular formula is C17H16FNO5S. The zero-order chi connectivity index (χ0) is 18.6. The molecule has 1 N–H and O–H groups in total. The molecule has 2 aromatic rings. The molecule has 2 rings (SSSR count). The van der Waals surface area contributed by atoms with Gasteiger partial charge in [-0.2, -0.15) is 0 Å². The summed E-state index contributed by atoms with van der Waals surface area (Å²) in [6.07, 6.45) is 1.05. The Balaban J connectivity index is 1.94. The maximum Gasteiger partial charge on any atom is 0.338 e. The highest BCUT2D eigenvalue weighted by Gasteiger charge is 2.13. The summed E-state index contributed by atoms with van der Waals surface area (Å²) in [6, 6.07) is 9.43. The van der Waals surface area contributed by atoms with Gasteiger partial charge < -0.3 is 10.1 Å². The van der Waals surface area contributed by atoms with Crippen molar-refractivity contribution in [1.29, 1.82) is 0 Å². The van der Waals surface area contributed by atoms with E-state index < -0.39 is 34.1 Å². The highest BCUT2D eigenvalue weighted by atomic mass is 32.2. The van der Waals surface area contributed by atoms with Crippen LogP contribution in [0.2, 0.25) is 0 Å². The molecule has 0 atom stereocenters. The third-order valence-corrected chi connectivity index (χ3v) is 4.38. The summed E-state index contributed by atoms with van der Waals surface area (Å²) in [5.41, 5.74) is 0.797. The number of rotatable bonds is 5. The zero-order valence-corrected chi connectivity index (χ0v) is 14.4. The molecule has 132 valence electrons. The number of hydrogen-bond acceptors (Lipinski definition) is 5. The second-order valence-corrected chi connectivity index (χ2v) is 7.42. The Kier molecular flexibility index (Phi) is 5.53. The van der Waals surface area contributed by atoms with Gasteiger partial charge in [0.25, 0.3) is 5.91 Å². The zero-order valence-electron chi connectivity index (χ0n) is 13.6. The van der Waals surface area contributed by atoms with Crippen molar-refractivity contribution in [1.82, 2.24) is 0 Å². The molecule has 8 heteroatoms. The van der Waals surface area contributed by atoms with E-state index in [1.807, 2.05) is 0 Å². The fourth-order valence-electron chi connectivity index (χ4n) is 1.96. The lowest BCUT2D eigenvalue weighted by atomic mass is 10.2. The number of anilines is 1. The van der Waals surface area contributed by atoms with E-state index in [0.29, 0.717) is 5.56 Å². The van der Waals surface area contributed by atoms with Crippen LogP contribution in [0.15, 0.2) is 47.4 Å². The van der Waals surface area contributed by atoms with Crippen LogP contribution >= 0.6 is 0 Å². The Morgan fingerprint density at radius 3 is 2.32 bits per heavy atom. The van der Waals surface area contributed by atoms with E-state index >= 15 is 0 Å². The number of carbonyl (C=O) groups is 2. The van der Waals surface area contributed by atoms with Crippen LogP contribution in [0.1, 0.15) is 15.9 Å². The number of halogens is 1. The van der Waals surface area contributed by atoms with Crippen molar-refractivity contribution in [3.8, 4) is 0 Å². The number of aryl methyl sites for hydroxylation is 1. The Bertz CT molecular complexity index is 907. The van der Waals surface area contributed by atoms with Gasteiger partial charge in [-0.1, -0.05) is 6.07 Å². The first-order chi connectivity index (χ1) is 11.7. The highest BCUT2D eigenvalue weighted by Crippen LogP contribution is 2.15. The topological polar surface area (TPSA) is 89.5 Å². The van der Waals surface area contributed by atoms with Gasteiger partial charge >= 0.3 is 5.97 Å². The molecule has 0 aliphatic heterocycles. The number of carbonyl (C=O) groups excluding carboxylic acids is 2. The minimum absolute atomic E-state index is 0.0100. The second kappa shape index (κ2) is 7.43. The lowest BCUT2D eigenvalue weighted by molar-refractivity contribution is -0.119. The molecule has 0 saturated heterocycles. The number of amides is 1. The van der Waals surface area contributed by atoms with Crippen molar-refractivity contribution in [3.05, 3.63) is 59.4 Å². The number of nitrogens with one attached hydrogen (secondary N) is 1. The molecule has 0 aliphatic rings. The predicted octanol–water partition coefficient (Wildman–Crippen LogP) is 2.33. The van der Waals surface area contributed by atoms with Gasteiger partial charge in [-0.05, 0) is 48.9 Å². The lowest BCUT2D eigenvalue weighted by Crippen LogP contribution is -2.21. The van der Waals surface area contributed by atoms with E-state index in [1.165, 1.54) is 36.4 Å². The van der Waals surface area contributed by atoms with Crippen molar-refractivity contribution in [2.75, 3.05) is 18.2 Å². The molecule has 1 amide bonds. The van der Waals surface area contributed by atoms with E-state index in [4.69, 9.17) is 4.74 Å². The average molecular weight is 365 g/mol. The molecule has 0 aromatic heterocycles. The van der Waals surface area contributed by atoms with Crippen LogP contribution in [0, 0.1) is 12.7 Å². The van der Waals surface area contributed by atoms with E-state index in [1.54, 1.807) is 13.0 Å². The van der Waals surface area contributed by atoms with Crippen LogP contribution in [0.5, 0.6) is 0 Å². The van der Waals surface area contributed by atoms with Gasteiger partial charge in [-0.25, -0.2) is 17.6 Å². The van der Waals surface area contributed by atoms with Crippen molar-refractivity contribution < 1.29 is 27.1 Å². The minimum atomic E-state index is -3.36. The number of ether oxygens (including phenoxy) is 1. The molecule has 0 radical (unpaired) electrons. The number of hydrogen-bond donors (Lipinski definition) is 1. The summed E-state index contributed by atoms with van der Waals surface area (Å²) in [5, 5.41) is 2.30. The summed E-state index contributed by atoms with van der Waals surface area (Å²) >= 11 is 0. The molecular weight excluding hydrogens is 349 g/mol. The predicted molar refractivity (Wildman–Crippen MR) is 89.6 cm³/mol. The SMILES string of the molecule is Cc1ccc(NC(=O)COC(=O)c2ccc(S(C)(=O)=O)cc2)c(F)c1. The van der Waals surface area contributed by atoms with Gasteiger partial charge in [-0.15, -0.1) is 0 Å². The first kappa shape index (κ1) is 18.6. The van der Waals surface area contributed by atoms with Gasteiger partial charge in [0, 0.05) is 6.26 Å². The number of esters is 1. The van der Waals surface area contributed by atoms with Gasteiger partial charge in [0.05, 0.1) is 16.1 Å². The monoisotopic (exact) mass is 365 g/mol. The van der Waals surface area contributed by atoms with Gasteiger partial charge in [0.15, 0.2) is 16.4 Å². The maximum absolute atomic E-state index is 13.6. The van der Waals surface area contributed by atoms with Crippen LogP contribution in [0.25, 0.3) is 0 Å². The summed E-state index contributed by atoms with van der Waals surface area (Å²) in [4.78, 5) is 23.7. The minimum Gasteiger partial charge on any atom is -0.452 e. The van der Waals surface area contributed by atoms with Crippen LogP contribution in [0.4, 0.5) is 10.1 Å². The smallest absolute Gasteiger partial charge is 0.338 e. The average Bonchev–Trinajstić information content (AvgIpc) is 2.54. The fraction of sp³-hybridized carbons (Fsp3) is 0.176. The number of sulfone groups is 1. The van der Waals surface area contributed by atoms with Crippen LogP contribution < -0.4 is 5.32 Å². The third kappa shape index (κ3) is 5.12. The van der Waals surface area contributed by atoms with E-state index in [0.717, 1.165) is 6.26 Å². The van der Waals surface area contributed by atoms with Gasteiger partial charge in [-0.3, -0.25) is 4.79 Å². The van der Waals surface area contributed by atoms with Crippen LogP contribution in [-0.4, -0.2) is 33.2 Å². The molecule has 0 bridgehead atoms. The first-order valence-electron chi connectivity index (χ1n) is 7.20. The molecule has 2 aromatic carbocycles. The Morgan fingerprint density at radius 2 is 1.76 bits per heavy atom. The third-order valence-electron chi connectivity index (χ3n) is 3.25. The molecule has 0 unspecified atom stereocenters. The van der Waals surface area contributed by atoms with E-state index in [2.05, 4.69) is 5.32 Å². The summed E-state index contributed by atoms with van der Waals surface area (Å²) in [6.45, 7) is 1.12. The molecule has 0 heterocycles. The molecule has 0 aliphatic carbocycles. The maximum atomic E-state index is 13.6. The van der Waals surface area contributed by atoms with Crippen molar-refractivity contribution in [2.24, 2.45) is 0 Å². The van der Waals surface area contributed by atoms with Gasteiger partial charge in [0.2, 0.25) is 0 Å². The van der Waals surface area contributed by atoms with Crippen molar-refractivity contribution >= 4 is 27.4 Å². The number of benzene rings is 2. The second-order valence-electron chi connectivity index (χ2n) is 5.40. The van der Waals surface area contributed by atoms with Crippen molar-refractivity contribution in [3.63, 3.8) is 0 Å². The molecule has 0 spiro atoms. The largest absolute Gasteiger partial charge is 0.452 e. The Labute approximate surface area is 144 Å². The standard InChI is InChI=1S/C17H16FNO5S/c1-11-3-8-15(14(18)9-11)19-16(20)10-24-17(21)12-4-6-13(7-5-12)25(2,22)23/h3-9H,10H2,1-2H3,(H,19,20).